The summed E-state index contributed by atoms with van der Waals surface area (Å²) in [6, 6.07) is 16.3. The number of thioether (sulfide) groups is 1. The van der Waals surface area contributed by atoms with Gasteiger partial charge in [-0.05, 0) is 170 Å². The zero-order valence-corrected chi connectivity index (χ0v) is 73.9. The van der Waals surface area contributed by atoms with Crippen LogP contribution in [0, 0.1) is 59.5 Å². The number of furan rings is 1. The normalized spacial score (nSPS) is 27.8. The number of fused-ring (bicyclic) bond motifs is 3. The second kappa shape index (κ2) is 51.4. The number of ether oxygens (including phenoxy) is 7. The predicted molar refractivity (Wildman–Crippen MR) is 459 cm³/mol. The number of carbonyl (C=O) groups excluding carboxylic acids is 6. The first-order valence-corrected chi connectivity index (χ1v) is 42.4. The maximum absolute atomic E-state index is 14.4. The largest absolute Gasteiger partial charge is 0.493 e. The van der Waals surface area contributed by atoms with Crippen molar-refractivity contribution in [3.05, 3.63) is 147 Å². The number of nitrogens with one attached hydrogen (secondary N) is 3. The fourth-order valence-corrected chi connectivity index (χ4v) is 16.3. The van der Waals surface area contributed by atoms with Gasteiger partial charge in [0.1, 0.15) is 54.4 Å². The number of nitrogens with zero attached hydrogens (tertiary/aromatic N) is 5. The Labute approximate surface area is 709 Å². The monoisotopic (exact) mass is 1690 g/mol. The van der Waals surface area contributed by atoms with E-state index in [9.17, 15) is 59.3 Å². The molecule has 0 spiro atoms. The number of anilines is 1. The molecule has 1 aromatic heterocycles. The van der Waals surface area contributed by atoms with Crippen LogP contribution in [0.15, 0.2) is 119 Å². The number of piperazine rings is 1. The number of halogens is 1. The van der Waals surface area contributed by atoms with Crippen LogP contribution in [-0.2, 0) is 64.7 Å². The lowest BCUT2D eigenvalue weighted by Crippen LogP contribution is -2.61. The van der Waals surface area contributed by atoms with E-state index in [-0.39, 0.29) is 79.7 Å². The molecular weight excluding hydrogens is 1560 g/mol. The number of Topliss-reactive ketones (excluding diaryl/α,β-unsaturated/α-hetero) is 3. The van der Waals surface area contributed by atoms with E-state index < -0.39 is 94.9 Å². The van der Waals surface area contributed by atoms with E-state index >= 15 is 0 Å². The zero-order chi connectivity index (χ0) is 86.1. The summed E-state index contributed by atoms with van der Waals surface area (Å²) in [7, 11) is 11.8. The van der Waals surface area contributed by atoms with Crippen LogP contribution < -0.4 is 25.4 Å². The predicted octanol–water partition coefficient (Wildman–Crippen LogP) is 10.4. The minimum absolute atomic E-state index is 0. The number of aliphatic hydroxyl groups is 4. The number of para-hydroxylation sites is 3. The molecule has 8 rings (SSSR count). The minimum Gasteiger partial charge on any atom is -0.493 e. The molecule has 3 saturated heterocycles. The van der Waals surface area contributed by atoms with Crippen molar-refractivity contribution in [2.45, 2.75) is 212 Å². The number of cyclic esters (lactones) is 1. The lowest BCUT2D eigenvalue weighted by atomic mass is 9.78. The standard InChI is InChI=1S/C51H79NO13.C24H33N3O4.C13H22N4O3S.ClH/c1-30-16-12-11-13-17-31(2)42(61-8)28-38-21-19-36(7)51(60,65-38)48(57)49(58)52-23-15-14-18-39(52)50(59)64-43(33(4)26-37-20-22-40(53)44(27-37)62-9)29-41(54)32(3)25-35(6)46(56)47(63-10)45(55)34(5)24-30;1-18-7-6-8-19(2)24(18)25-23(29)16-27-13-11-26(12-14-27)15-20(28)17-31-22-10-5-4-9-21(22)30-3;1-14-13(9-17(18)19)15-6-7-21-10-12-5-4-11(20-12)8-16(2)3;/h11-13,16-17,25,30,32-34,36-40,42-44,46-47,53,56,60H,14-15,18-24,26-29H2,1-10H3;4-10,20,28H,11-17H2,1-3H3,(H,25,29);4-5,9,14-15H,6-8,10H2,1-3H3;1H/b13-11?,16-12+,31-17?,35-25+;;13-9-;/t30-,32-,33-,34-,36-,37+,38+,39+,40-,42+,43+,44-,46-,47+,51-;;;/m1.../s1. The SMILES string of the molecule is CN/C(=C/[N+](=O)[O-])NCCSCc1ccc(CN(C)C)o1.CO[C@H]1C[C@@H]2CC[C@@H](C)[C@@](O)(O2)C(=O)C(=O)N2CCCC[C@H]2C(=O)O[C@H]([C@H](C)C[C@@H]2CC[C@@H](O)[C@H](OC)C2)CC(=O)[C@H](C)/C=C(\C)[C@@H](O)[C@@H](OC)C(=O)[C@H](C)C[C@H](C)/C=C/C=CC=C1C.COc1ccccc1OCC(O)CN1CCN(CC(=O)Nc2c(C)cccc2C)CC1.Cl. The number of nitro groups is 1. The maximum Gasteiger partial charge on any atom is 0.329 e. The van der Waals surface area contributed by atoms with Gasteiger partial charge in [-0.1, -0.05) is 101 Å². The number of benzene rings is 2. The van der Waals surface area contributed by atoms with E-state index in [4.69, 9.17) is 37.6 Å². The number of hydrogen-bond acceptors (Lipinski definition) is 26. The van der Waals surface area contributed by atoms with E-state index in [1.54, 1.807) is 67.0 Å². The van der Waals surface area contributed by atoms with Crippen LogP contribution in [0.4, 0.5) is 5.69 Å². The molecule has 30 heteroatoms. The van der Waals surface area contributed by atoms with Crippen molar-refractivity contribution in [1.82, 2.24) is 30.2 Å². The van der Waals surface area contributed by atoms with Crippen molar-refractivity contribution in [2.75, 3.05) is 120 Å². The molecule has 660 valence electrons. The van der Waals surface area contributed by atoms with Gasteiger partial charge in [0.15, 0.2) is 23.1 Å². The van der Waals surface area contributed by atoms with Gasteiger partial charge in [-0.2, -0.15) is 11.8 Å². The number of piperidine rings is 1. The Balaban J connectivity index is 0.000000382. The highest BCUT2D eigenvalue weighted by atomic mass is 35.5. The topological polar surface area (TPSA) is 353 Å². The third-order valence-electron chi connectivity index (χ3n) is 22.5. The molecule has 5 aliphatic rings. The van der Waals surface area contributed by atoms with Crippen molar-refractivity contribution in [3.8, 4) is 11.5 Å². The van der Waals surface area contributed by atoms with Crippen molar-refractivity contribution in [3.63, 3.8) is 0 Å². The fraction of sp³-hybridized carbons (Fsp3) is 0.636. The summed E-state index contributed by atoms with van der Waals surface area (Å²) in [4.78, 5) is 101. The molecule has 4 aliphatic heterocycles. The smallest absolute Gasteiger partial charge is 0.329 e. The van der Waals surface area contributed by atoms with Gasteiger partial charge >= 0.3 is 5.97 Å². The number of amides is 2. The Kier molecular flexibility index (Phi) is 44.1. The molecule has 2 amide bonds. The molecule has 1 unspecified atom stereocenters. The number of methoxy groups -OCH3 is 4. The third-order valence-corrected chi connectivity index (χ3v) is 23.5. The highest BCUT2D eigenvalue weighted by molar-refractivity contribution is 7.98. The molecule has 2 bridgehead atoms. The zero-order valence-electron chi connectivity index (χ0n) is 72.2. The van der Waals surface area contributed by atoms with Crippen molar-refractivity contribution < 1.29 is 91.7 Å². The Hall–Kier alpha value is -7.36. The molecule has 7 N–H and O–H groups in total. The molecule has 2 aromatic carbocycles. The summed E-state index contributed by atoms with van der Waals surface area (Å²) in [5.41, 5.74) is 4.32. The summed E-state index contributed by atoms with van der Waals surface area (Å²) in [6.07, 6.45) is 11.5. The molecule has 4 fully saturated rings. The summed E-state index contributed by atoms with van der Waals surface area (Å²) in [6.45, 7) is 22.5. The summed E-state index contributed by atoms with van der Waals surface area (Å²) >= 11 is 1.72. The number of aryl methyl sites for hydroxylation is 2. The van der Waals surface area contributed by atoms with Gasteiger partial charge in [-0.15, -0.1) is 12.4 Å². The van der Waals surface area contributed by atoms with Gasteiger partial charge < -0.3 is 83.8 Å². The van der Waals surface area contributed by atoms with E-state index in [0.717, 1.165) is 90.8 Å². The molecule has 1 aliphatic carbocycles. The molecule has 28 nitrogen and oxygen atoms in total. The van der Waals surface area contributed by atoms with Crippen LogP contribution in [0.5, 0.6) is 11.5 Å². The van der Waals surface area contributed by atoms with Crippen molar-refractivity contribution in [1.29, 1.82) is 0 Å². The molecule has 1 saturated carbocycles. The summed E-state index contributed by atoms with van der Waals surface area (Å²) < 4.78 is 46.0. The maximum atomic E-state index is 14.4. The van der Waals surface area contributed by atoms with Gasteiger partial charge in [0.05, 0.1) is 55.3 Å². The number of carbonyl (C=O) groups is 6. The number of ketones is 3. The summed E-state index contributed by atoms with van der Waals surface area (Å²) in [5, 5.41) is 63.3. The van der Waals surface area contributed by atoms with Gasteiger partial charge in [-0.25, -0.2) is 4.79 Å². The number of allylic oxidation sites excluding steroid dienone is 6. The quantitative estimate of drug-likeness (QED) is 0.0103. The molecule has 16 atom stereocenters. The van der Waals surface area contributed by atoms with Crippen LogP contribution >= 0.6 is 24.2 Å². The van der Waals surface area contributed by atoms with Crippen LogP contribution in [0.1, 0.15) is 148 Å². The lowest BCUT2D eigenvalue weighted by Gasteiger charge is -2.42. The number of esters is 1. The van der Waals surface area contributed by atoms with Crippen LogP contribution in [-0.4, -0.2) is 255 Å². The number of hydrogen-bond donors (Lipinski definition) is 7. The molecule has 3 aromatic rings. The Morgan fingerprint density at radius 3 is 2.15 bits per heavy atom. The molecule has 118 heavy (non-hydrogen) atoms. The molecule has 5 heterocycles. The summed E-state index contributed by atoms with van der Waals surface area (Å²) in [5.74, 6) is -2.72. The molecular formula is C88H135ClN8O20S. The second-order valence-electron chi connectivity index (χ2n) is 32.3. The first kappa shape index (κ1) is 101. The highest BCUT2D eigenvalue weighted by Crippen LogP contribution is 2.39. The van der Waals surface area contributed by atoms with Gasteiger partial charge in [0.2, 0.25) is 11.7 Å². The average molecular weight is 1690 g/mol. The number of aliphatic hydroxyl groups excluding tert-OH is 3. The van der Waals surface area contributed by atoms with Gasteiger partial charge in [-0.3, -0.25) is 43.9 Å². The van der Waals surface area contributed by atoms with Crippen LogP contribution in [0.3, 0.4) is 0 Å². The van der Waals surface area contributed by atoms with Crippen LogP contribution in [0.2, 0.25) is 0 Å². The lowest BCUT2D eigenvalue weighted by molar-refractivity contribution is -0.404. The Morgan fingerprint density at radius 2 is 1.50 bits per heavy atom. The van der Waals surface area contributed by atoms with E-state index in [0.29, 0.717) is 100 Å². The second-order valence-corrected chi connectivity index (χ2v) is 33.4. The molecule has 0 radical (unpaired) electrons. The average Bonchev–Trinajstić information content (AvgIpc) is 0.819. The number of β-amino-alcohol motifs (C(OH)–C–C–N with tert-alkyl or cyclic N) is 1. The third kappa shape index (κ3) is 32.2. The minimum atomic E-state index is -2.43. The fourth-order valence-electron chi connectivity index (χ4n) is 15.5. The first-order chi connectivity index (χ1) is 55.7. The number of rotatable bonds is 25. The van der Waals surface area contributed by atoms with Crippen LogP contribution in [0.25, 0.3) is 0 Å². The van der Waals surface area contributed by atoms with Crippen molar-refractivity contribution >= 4 is 65.0 Å². The Morgan fingerprint density at radius 1 is 0.814 bits per heavy atom. The van der Waals surface area contributed by atoms with Gasteiger partial charge in [0.25, 0.3) is 17.9 Å². The highest BCUT2D eigenvalue weighted by Gasteiger charge is 2.53. The van der Waals surface area contributed by atoms with E-state index in [1.807, 2.05) is 141 Å². The first-order valence-electron chi connectivity index (χ1n) is 41.2. The van der Waals surface area contributed by atoms with Crippen molar-refractivity contribution in [2.24, 2.45) is 35.5 Å². The van der Waals surface area contributed by atoms with E-state index in [2.05, 4.69) is 30.7 Å². The van der Waals surface area contributed by atoms with E-state index in [1.165, 1.54) is 12.0 Å². The van der Waals surface area contributed by atoms with Gasteiger partial charge in [0, 0.05) is 116 Å². The Bertz CT molecular complexity index is 3790.